The third-order valence-electron chi connectivity index (χ3n) is 5.34. The third kappa shape index (κ3) is 3.86. The highest BCUT2D eigenvalue weighted by Crippen LogP contribution is 2.31. The van der Waals surface area contributed by atoms with Gasteiger partial charge in [-0.1, -0.05) is 36.7 Å². The van der Waals surface area contributed by atoms with Crippen LogP contribution in [0.25, 0.3) is 10.9 Å². The summed E-state index contributed by atoms with van der Waals surface area (Å²) in [6.07, 6.45) is 3.70. The summed E-state index contributed by atoms with van der Waals surface area (Å²) in [5.41, 5.74) is 3.42. The van der Waals surface area contributed by atoms with Gasteiger partial charge in [0.15, 0.2) is 5.82 Å². The first kappa shape index (κ1) is 18.5. The molecule has 0 radical (unpaired) electrons. The summed E-state index contributed by atoms with van der Waals surface area (Å²) < 4.78 is 5.02. The van der Waals surface area contributed by atoms with E-state index in [0.717, 1.165) is 50.0 Å². The van der Waals surface area contributed by atoms with Crippen molar-refractivity contribution in [2.24, 2.45) is 5.92 Å². The third-order valence-corrected chi connectivity index (χ3v) is 5.34. The van der Waals surface area contributed by atoms with Crippen molar-refractivity contribution >= 4 is 28.3 Å². The van der Waals surface area contributed by atoms with Gasteiger partial charge in [-0.3, -0.25) is 9.78 Å². The first-order chi connectivity index (χ1) is 13.6. The molecule has 28 heavy (non-hydrogen) atoms. The Morgan fingerprint density at radius 1 is 1.25 bits per heavy atom. The highest BCUT2D eigenvalue weighted by atomic mass is 16.5. The zero-order valence-electron chi connectivity index (χ0n) is 16.4. The molecule has 1 aliphatic rings. The molecular weight excluding hydrogens is 352 g/mol. The maximum Gasteiger partial charge on any atom is 0.228 e. The molecule has 1 fully saturated rings. The standard InChI is InChI=1S/C22H26N4O2/c1-3-6-17-14-20(18-7-4-5-8-19(18)23-17)26-11-9-16(10-12-26)22(27)24-21-13-15(2)28-25-21/h4-5,7-8,13-14,16H,3,6,9-12H2,1-2H3,(H,24,25,27). The SMILES string of the molecule is CCCc1cc(N2CCC(C(=O)Nc3cc(C)on3)CC2)c2ccccc2n1. The van der Waals surface area contributed by atoms with E-state index >= 15 is 0 Å². The fraction of sp³-hybridized carbons (Fsp3) is 0.409. The molecule has 3 aromatic rings. The summed E-state index contributed by atoms with van der Waals surface area (Å²) in [6, 6.07) is 12.3. The van der Waals surface area contributed by atoms with E-state index in [9.17, 15) is 4.79 Å². The predicted octanol–water partition coefficient (Wildman–Crippen LogP) is 4.34. The van der Waals surface area contributed by atoms with E-state index < -0.39 is 0 Å². The van der Waals surface area contributed by atoms with Crippen molar-refractivity contribution in [2.45, 2.75) is 39.5 Å². The normalized spacial score (nSPS) is 15.1. The largest absolute Gasteiger partial charge is 0.371 e. The summed E-state index contributed by atoms with van der Waals surface area (Å²) in [7, 11) is 0. The summed E-state index contributed by atoms with van der Waals surface area (Å²) in [4.78, 5) is 19.8. The highest BCUT2D eigenvalue weighted by molar-refractivity contribution is 5.93. The van der Waals surface area contributed by atoms with Crippen LogP contribution < -0.4 is 10.2 Å². The Morgan fingerprint density at radius 3 is 2.75 bits per heavy atom. The van der Waals surface area contributed by atoms with E-state index in [1.807, 2.05) is 13.0 Å². The number of nitrogens with zero attached hydrogens (tertiary/aromatic N) is 3. The molecule has 146 valence electrons. The molecule has 3 heterocycles. The molecule has 1 aliphatic heterocycles. The Kier molecular flexibility index (Phi) is 5.28. The molecule has 4 rings (SSSR count). The minimum Gasteiger partial charge on any atom is -0.371 e. The Hall–Kier alpha value is -2.89. The van der Waals surface area contributed by atoms with E-state index in [-0.39, 0.29) is 11.8 Å². The predicted molar refractivity (Wildman–Crippen MR) is 111 cm³/mol. The lowest BCUT2D eigenvalue weighted by atomic mass is 9.95. The van der Waals surface area contributed by atoms with Crippen LogP contribution in [-0.2, 0) is 11.2 Å². The van der Waals surface area contributed by atoms with Crippen molar-refractivity contribution in [3.05, 3.63) is 47.9 Å². The summed E-state index contributed by atoms with van der Waals surface area (Å²) >= 11 is 0. The monoisotopic (exact) mass is 378 g/mol. The number of nitrogens with one attached hydrogen (secondary N) is 1. The number of hydrogen-bond acceptors (Lipinski definition) is 5. The van der Waals surface area contributed by atoms with Gasteiger partial charge in [-0.15, -0.1) is 0 Å². The number of para-hydroxylation sites is 1. The van der Waals surface area contributed by atoms with Gasteiger partial charge in [0, 0.05) is 41.8 Å². The first-order valence-electron chi connectivity index (χ1n) is 10.0. The van der Waals surface area contributed by atoms with Crippen LogP contribution in [0.5, 0.6) is 0 Å². The number of anilines is 2. The van der Waals surface area contributed by atoms with Crippen LogP contribution in [0.3, 0.4) is 0 Å². The maximum atomic E-state index is 12.6. The van der Waals surface area contributed by atoms with E-state index in [4.69, 9.17) is 9.51 Å². The second-order valence-electron chi connectivity index (χ2n) is 7.47. The second kappa shape index (κ2) is 8.00. The number of aromatic nitrogens is 2. The molecule has 1 aromatic carbocycles. The van der Waals surface area contributed by atoms with Crippen LogP contribution in [0.15, 0.2) is 40.9 Å². The number of carbonyl (C=O) groups is 1. The zero-order chi connectivity index (χ0) is 19.5. The number of hydrogen-bond donors (Lipinski definition) is 1. The van der Waals surface area contributed by atoms with Gasteiger partial charge in [0.25, 0.3) is 0 Å². The van der Waals surface area contributed by atoms with Crippen LogP contribution >= 0.6 is 0 Å². The minimum atomic E-state index is -0.00327. The van der Waals surface area contributed by atoms with Crippen molar-refractivity contribution in [1.82, 2.24) is 10.1 Å². The lowest BCUT2D eigenvalue weighted by molar-refractivity contribution is -0.120. The van der Waals surface area contributed by atoms with Gasteiger partial charge >= 0.3 is 0 Å². The summed E-state index contributed by atoms with van der Waals surface area (Å²) in [5.74, 6) is 1.21. The van der Waals surface area contributed by atoms with Crippen LogP contribution in [-0.4, -0.2) is 29.1 Å². The Morgan fingerprint density at radius 2 is 2.04 bits per heavy atom. The van der Waals surface area contributed by atoms with Gasteiger partial charge in [0.05, 0.1) is 5.52 Å². The average molecular weight is 378 g/mol. The number of pyridine rings is 1. The van der Waals surface area contributed by atoms with Crippen molar-refractivity contribution in [3.63, 3.8) is 0 Å². The van der Waals surface area contributed by atoms with Gasteiger partial charge in [-0.05, 0) is 38.3 Å². The molecule has 1 saturated heterocycles. The molecule has 0 atom stereocenters. The Labute approximate surface area is 164 Å². The van der Waals surface area contributed by atoms with Gasteiger partial charge in [-0.2, -0.15) is 0 Å². The zero-order valence-corrected chi connectivity index (χ0v) is 16.4. The number of amides is 1. The topological polar surface area (TPSA) is 71.3 Å². The molecule has 6 heteroatoms. The van der Waals surface area contributed by atoms with Gasteiger partial charge in [0.1, 0.15) is 5.76 Å². The smallest absolute Gasteiger partial charge is 0.228 e. The lowest BCUT2D eigenvalue weighted by Gasteiger charge is -2.33. The summed E-state index contributed by atoms with van der Waals surface area (Å²) in [6.45, 7) is 5.70. The van der Waals surface area contributed by atoms with Crippen molar-refractivity contribution < 1.29 is 9.32 Å². The van der Waals surface area contributed by atoms with E-state index in [1.54, 1.807) is 6.07 Å². The summed E-state index contributed by atoms with van der Waals surface area (Å²) in [5, 5.41) is 7.90. The molecule has 1 N–H and O–H groups in total. The van der Waals surface area contributed by atoms with Crippen LogP contribution in [0.4, 0.5) is 11.5 Å². The average Bonchev–Trinajstić information content (AvgIpc) is 3.12. The molecular formula is C22H26N4O2. The molecule has 0 spiro atoms. The maximum absolute atomic E-state index is 12.6. The molecule has 6 nitrogen and oxygen atoms in total. The molecule has 0 unspecified atom stereocenters. The number of carbonyl (C=O) groups excluding carboxylic acids is 1. The van der Waals surface area contributed by atoms with E-state index in [0.29, 0.717) is 11.6 Å². The Bertz CT molecular complexity index is 974. The van der Waals surface area contributed by atoms with Crippen molar-refractivity contribution in [2.75, 3.05) is 23.3 Å². The van der Waals surface area contributed by atoms with Crippen molar-refractivity contribution in [3.8, 4) is 0 Å². The van der Waals surface area contributed by atoms with Gasteiger partial charge in [0.2, 0.25) is 5.91 Å². The first-order valence-corrected chi connectivity index (χ1v) is 10.0. The van der Waals surface area contributed by atoms with Crippen molar-refractivity contribution in [1.29, 1.82) is 0 Å². The molecule has 0 aliphatic carbocycles. The van der Waals surface area contributed by atoms with Crippen LogP contribution in [0.2, 0.25) is 0 Å². The quantitative estimate of drug-likeness (QED) is 0.715. The van der Waals surface area contributed by atoms with Crippen LogP contribution in [0, 0.1) is 12.8 Å². The van der Waals surface area contributed by atoms with Gasteiger partial charge in [-0.25, -0.2) is 0 Å². The van der Waals surface area contributed by atoms with Gasteiger partial charge < -0.3 is 14.7 Å². The molecule has 0 bridgehead atoms. The molecule has 1 amide bonds. The lowest BCUT2D eigenvalue weighted by Crippen LogP contribution is -2.38. The number of piperidine rings is 1. The number of aryl methyl sites for hydroxylation is 2. The molecule has 2 aromatic heterocycles. The Balaban J connectivity index is 1.48. The van der Waals surface area contributed by atoms with E-state index in [2.05, 4.69) is 46.6 Å². The molecule has 0 saturated carbocycles. The number of benzene rings is 1. The highest BCUT2D eigenvalue weighted by Gasteiger charge is 2.26. The fourth-order valence-electron chi connectivity index (χ4n) is 3.89. The second-order valence-corrected chi connectivity index (χ2v) is 7.47. The number of rotatable bonds is 5. The number of fused-ring (bicyclic) bond motifs is 1. The van der Waals surface area contributed by atoms with Crippen LogP contribution in [0.1, 0.15) is 37.6 Å². The fourth-order valence-corrected chi connectivity index (χ4v) is 3.89. The minimum absolute atomic E-state index is 0.00327. The van der Waals surface area contributed by atoms with E-state index in [1.165, 1.54) is 11.1 Å².